The van der Waals surface area contributed by atoms with Crippen LogP contribution in [0.4, 0.5) is 4.79 Å². The van der Waals surface area contributed by atoms with Crippen molar-refractivity contribution in [2.45, 2.75) is 25.4 Å². The summed E-state index contributed by atoms with van der Waals surface area (Å²) in [5.41, 5.74) is 0.174. The van der Waals surface area contributed by atoms with Crippen LogP contribution in [0, 0.1) is 0 Å². The van der Waals surface area contributed by atoms with E-state index < -0.39 is 5.60 Å². The minimum absolute atomic E-state index is 0.171. The first kappa shape index (κ1) is 18.4. The molecule has 0 radical (unpaired) electrons. The van der Waals surface area contributed by atoms with Gasteiger partial charge in [-0.05, 0) is 42.8 Å². The molecule has 0 aliphatic carbocycles. The third-order valence-electron chi connectivity index (χ3n) is 4.32. The molecule has 1 atom stereocenters. The zero-order valence-electron chi connectivity index (χ0n) is 14.9. The van der Waals surface area contributed by atoms with Crippen molar-refractivity contribution in [1.82, 2.24) is 10.6 Å². The number of hydrogen-bond acceptors (Lipinski definition) is 3. The molecule has 3 rings (SSSR count). The average Bonchev–Trinajstić information content (AvgIpc) is 3.10. The van der Waals surface area contributed by atoms with Crippen molar-refractivity contribution in [3.8, 4) is 0 Å². The number of amides is 2. The van der Waals surface area contributed by atoms with Gasteiger partial charge in [-0.25, -0.2) is 4.79 Å². The Hall–Kier alpha value is -2.37. The van der Waals surface area contributed by atoms with Crippen molar-refractivity contribution < 1.29 is 9.90 Å². The highest BCUT2D eigenvalue weighted by molar-refractivity contribution is 7.19. The average molecular weight is 369 g/mol. The number of urea groups is 1. The Kier molecular flexibility index (Phi) is 5.91. The first-order chi connectivity index (χ1) is 12.5. The maximum Gasteiger partial charge on any atom is 0.314 e. The molecule has 5 heteroatoms. The van der Waals surface area contributed by atoms with Crippen LogP contribution in [0.25, 0.3) is 10.1 Å². The van der Waals surface area contributed by atoms with Crippen LogP contribution < -0.4 is 10.6 Å². The molecule has 0 spiro atoms. The molecule has 136 valence electrons. The van der Waals surface area contributed by atoms with Gasteiger partial charge >= 0.3 is 6.03 Å². The Morgan fingerprint density at radius 2 is 1.81 bits per heavy atom. The van der Waals surface area contributed by atoms with E-state index in [1.165, 1.54) is 5.56 Å². The van der Waals surface area contributed by atoms with E-state index in [4.69, 9.17) is 0 Å². The molecule has 0 saturated carbocycles. The maximum atomic E-state index is 12.0. The number of rotatable bonds is 7. The van der Waals surface area contributed by atoms with Gasteiger partial charge in [-0.15, -0.1) is 11.3 Å². The van der Waals surface area contributed by atoms with Gasteiger partial charge in [0.15, 0.2) is 0 Å². The summed E-state index contributed by atoms with van der Waals surface area (Å²) >= 11 is 1.55. The van der Waals surface area contributed by atoms with E-state index in [-0.39, 0.29) is 12.6 Å². The fourth-order valence-electron chi connectivity index (χ4n) is 2.79. The quantitative estimate of drug-likeness (QED) is 0.551. The third kappa shape index (κ3) is 4.84. The second-order valence-electron chi connectivity index (χ2n) is 6.62. The van der Waals surface area contributed by atoms with Gasteiger partial charge in [-0.3, -0.25) is 0 Å². The van der Waals surface area contributed by atoms with Crippen LogP contribution in [-0.4, -0.2) is 24.2 Å². The second kappa shape index (κ2) is 8.34. The number of aliphatic hydroxyl groups is 1. The SMILES string of the molecule is C[C@](O)(CNC(=O)NCCCc1ccccc1)c1cc2ccccc2s1. The van der Waals surface area contributed by atoms with Gasteiger partial charge in [0.25, 0.3) is 0 Å². The van der Waals surface area contributed by atoms with Crippen LogP contribution >= 0.6 is 11.3 Å². The summed E-state index contributed by atoms with van der Waals surface area (Å²) in [6.07, 6.45) is 1.81. The number of fused-ring (bicyclic) bond motifs is 1. The number of hydrogen-bond donors (Lipinski definition) is 3. The van der Waals surface area contributed by atoms with Gasteiger partial charge in [-0.1, -0.05) is 48.5 Å². The summed E-state index contributed by atoms with van der Waals surface area (Å²) < 4.78 is 1.13. The lowest BCUT2D eigenvalue weighted by molar-refractivity contribution is 0.0632. The molecule has 2 amide bonds. The predicted octanol–water partition coefficient (Wildman–Crippen LogP) is 4.04. The summed E-state index contributed by atoms with van der Waals surface area (Å²) in [5.74, 6) is 0. The van der Waals surface area contributed by atoms with Gasteiger partial charge < -0.3 is 15.7 Å². The first-order valence-electron chi connectivity index (χ1n) is 8.82. The third-order valence-corrected chi connectivity index (χ3v) is 5.69. The Morgan fingerprint density at radius 1 is 1.08 bits per heavy atom. The minimum Gasteiger partial charge on any atom is -0.383 e. The highest BCUT2D eigenvalue weighted by Crippen LogP contribution is 2.32. The summed E-state index contributed by atoms with van der Waals surface area (Å²) in [7, 11) is 0. The molecule has 1 heterocycles. The zero-order chi connectivity index (χ0) is 18.4. The lowest BCUT2D eigenvalue weighted by atomic mass is 10.0. The van der Waals surface area contributed by atoms with Crippen LogP contribution in [-0.2, 0) is 12.0 Å². The number of nitrogens with one attached hydrogen (secondary N) is 2. The van der Waals surface area contributed by atoms with E-state index in [1.807, 2.05) is 48.5 Å². The van der Waals surface area contributed by atoms with Crippen molar-refractivity contribution >= 4 is 27.5 Å². The number of carbonyl (C=O) groups excluding carboxylic acids is 1. The number of thiophene rings is 1. The second-order valence-corrected chi connectivity index (χ2v) is 7.70. The monoisotopic (exact) mass is 368 g/mol. The molecule has 0 fully saturated rings. The van der Waals surface area contributed by atoms with Crippen molar-refractivity contribution in [3.63, 3.8) is 0 Å². The normalized spacial score (nSPS) is 13.3. The number of aryl methyl sites for hydroxylation is 1. The van der Waals surface area contributed by atoms with E-state index >= 15 is 0 Å². The van der Waals surface area contributed by atoms with Crippen molar-refractivity contribution in [2.24, 2.45) is 0 Å². The van der Waals surface area contributed by atoms with Crippen LogP contribution in [0.3, 0.4) is 0 Å². The standard InChI is InChI=1S/C21H24N2O2S/c1-21(25,19-14-17-11-5-6-12-18(17)26-19)15-23-20(24)22-13-7-10-16-8-3-2-4-9-16/h2-6,8-9,11-12,14,25H,7,10,13,15H2,1H3,(H2,22,23,24)/t21-/m0/s1. The highest BCUT2D eigenvalue weighted by Gasteiger charge is 2.26. The molecule has 2 aromatic carbocycles. The zero-order valence-corrected chi connectivity index (χ0v) is 15.7. The van der Waals surface area contributed by atoms with E-state index in [9.17, 15) is 9.90 Å². The van der Waals surface area contributed by atoms with Gasteiger partial charge in [0, 0.05) is 16.1 Å². The first-order valence-corrected chi connectivity index (χ1v) is 9.63. The molecule has 0 aliphatic heterocycles. The molecule has 0 saturated heterocycles. The van der Waals surface area contributed by atoms with Crippen molar-refractivity contribution in [2.75, 3.05) is 13.1 Å². The topological polar surface area (TPSA) is 61.4 Å². The smallest absolute Gasteiger partial charge is 0.314 e. The number of benzene rings is 2. The van der Waals surface area contributed by atoms with E-state index in [1.54, 1.807) is 18.3 Å². The van der Waals surface area contributed by atoms with Crippen LogP contribution in [0.15, 0.2) is 60.7 Å². The lowest BCUT2D eigenvalue weighted by Gasteiger charge is -2.22. The predicted molar refractivity (Wildman–Crippen MR) is 108 cm³/mol. The molecule has 3 N–H and O–H groups in total. The fraction of sp³-hybridized carbons (Fsp3) is 0.286. The van der Waals surface area contributed by atoms with Crippen molar-refractivity contribution in [1.29, 1.82) is 0 Å². The van der Waals surface area contributed by atoms with E-state index in [0.717, 1.165) is 27.8 Å². The largest absolute Gasteiger partial charge is 0.383 e. The molecule has 26 heavy (non-hydrogen) atoms. The van der Waals surface area contributed by atoms with Crippen LogP contribution in [0.2, 0.25) is 0 Å². The summed E-state index contributed by atoms with van der Waals surface area (Å²) in [6.45, 7) is 2.50. The molecular formula is C21H24N2O2S. The lowest BCUT2D eigenvalue weighted by Crippen LogP contribution is -2.43. The minimum atomic E-state index is -1.09. The van der Waals surface area contributed by atoms with Gasteiger partial charge in [0.2, 0.25) is 0 Å². The summed E-state index contributed by atoms with van der Waals surface area (Å²) in [6, 6.07) is 20.0. The van der Waals surface area contributed by atoms with Crippen LogP contribution in [0.1, 0.15) is 23.8 Å². The Labute approximate surface area is 157 Å². The van der Waals surface area contributed by atoms with E-state index in [0.29, 0.717) is 6.54 Å². The van der Waals surface area contributed by atoms with Crippen LogP contribution in [0.5, 0.6) is 0 Å². The number of carbonyl (C=O) groups is 1. The van der Waals surface area contributed by atoms with Gasteiger partial charge in [-0.2, -0.15) is 0 Å². The fourth-order valence-corrected chi connectivity index (χ4v) is 3.89. The molecule has 4 nitrogen and oxygen atoms in total. The molecular weight excluding hydrogens is 344 g/mol. The Balaban J connectivity index is 1.44. The molecule has 0 aliphatic rings. The molecule has 0 bridgehead atoms. The van der Waals surface area contributed by atoms with Crippen molar-refractivity contribution in [3.05, 3.63) is 71.1 Å². The molecule has 3 aromatic rings. The summed E-state index contributed by atoms with van der Waals surface area (Å²) in [5, 5.41) is 17.5. The van der Waals surface area contributed by atoms with Gasteiger partial charge in [0.05, 0.1) is 6.54 Å². The Bertz CT molecular complexity index is 826. The molecule has 0 unspecified atom stereocenters. The maximum absolute atomic E-state index is 12.0. The molecule has 1 aromatic heterocycles. The van der Waals surface area contributed by atoms with E-state index in [2.05, 4.69) is 22.8 Å². The Morgan fingerprint density at radius 3 is 2.58 bits per heavy atom. The van der Waals surface area contributed by atoms with Gasteiger partial charge in [0.1, 0.15) is 5.60 Å². The summed E-state index contributed by atoms with van der Waals surface area (Å²) in [4.78, 5) is 12.8. The highest BCUT2D eigenvalue weighted by atomic mass is 32.1.